The van der Waals surface area contributed by atoms with Gasteiger partial charge in [-0.2, -0.15) is 51.3 Å². The van der Waals surface area contributed by atoms with Gasteiger partial charge in [0, 0.05) is 18.4 Å². The molecule has 0 aromatic heterocycles. The largest absolute Gasteiger partial charge is 0.460 e. The second kappa shape index (κ2) is 13.0. The third kappa shape index (κ3) is 8.52. The SMILES string of the molecule is CCC1(COCC(COCCCSCCC(F)(F)C(F)(F)C(F)(F)C(F)(F)F)OCC2CO2)COC1. The Bertz CT molecular complexity index is 653. The summed E-state index contributed by atoms with van der Waals surface area (Å²) in [7, 11) is 0. The number of halogens is 9. The smallest absolute Gasteiger partial charge is 0.380 e. The van der Waals surface area contributed by atoms with Crippen LogP contribution >= 0.6 is 11.8 Å². The molecule has 2 unspecified atom stereocenters. The summed E-state index contributed by atoms with van der Waals surface area (Å²) in [5.41, 5.74) is 0.00560. The van der Waals surface area contributed by atoms with Crippen molar-refractivity contribution in [1.29, 1.82) is 0 Å². The molecule has 0 aliphatic carbocycles. The van der Waals surface area contributed by atoms with Crippen LogP contribution in [0.3, 0.4) is 0 Å². The predicted molar refractivity (Wildman–Crippen MR) is 112 cm³/mol. The lowest BCUT2D eigenvalue weighted by molar-refractivity contribution is -0.396. The number of rotatable bonds is 19. The number of hydrogen-bond acceptors (Lipinski definition) is 6. The van der Waals surface area contributed by atoms with Crippen LogP contribution in [0.25, 0.3) is 0 Å². The Morgan fingerprint density at radius 2 is 1.58 bits per heavy atom. The molecule has 0 N–H and O–H groups in total. The zero-order valence-corrected chi connectivity index (χ0v) is 20.5. The number of alkyl halides is 9. The first-order chi connectivity index (χ1) is 16.7. The van der Waals surface area contributed by atoms with Gasteiger partial charge in [-0.25, -0.2) is 0 Å². The maximum Gasteiger partial charge on any atom is 0.460 e. The van der Waals surface area contributed by atoms with E-state index in [0.29, 0.717) is 39.5 Å². The minimum atomic E-state index is -6.85. The van der Waals surface area contributed by atoms with Crippen molar-refractivity contribution in [3.63, 3.8) is 0 Å². The minimum Gasteiger partial charge on any atom is -0.380 e. The average molecular weight is 567 g/mol. The Hall–Kier alpha value is -0.480. The number of hydrogen-bond donors (Lipinski definition) is 0. The van der Waals surface area contributed by atoms with Gasteiger partial charge in [0.25, 0.3) is 0 Å². The Balaban J connectivity index is 1.62. The molecule has 0 aromatic carbocycles. The van der Waals surface area contributed by atoms with Gasteiger partial charge in [0.15, 0.2) is 0 Å². The highest BCUT2D eigenvalue weighted by Gasteiger charge is 2.81. The first kappa shape index (κ1) is 31.7. The van der Waals surface area contributed by atoms with Crippen LogP contribution in [0.5, 0.6) is 0 Å². The molecule has 2 atom stereocenters. The normalized spacial score (nSPS) is 21.3. The van der Waals surface area contributed by atoms with Gasteiger partial charge >= 0.3 is 23.9 Å². The maximum atomic E-state index is 13.5. The number of ether oxygens (including phenoxy) is 5. The van der Waals surface area contributed by atoms with Gasteiger partial charge in [-0.05, 0) is 24.3 Å². The third-order valence-electron chi connectivity index (χ3n) is 5.85. The summed E-state index contributed by atoms with van der Waals surface area (Å²) in [5, 5.41) is 0. The molecule has 2 fully saturated rings. The van der Waals surface area contributed by atoms with E-state index in [9.17, 15) is 39.5 Å². The average Bonchev–Trinajstić information content (AvgIpc) is 3.58. The van der Waals surface area contributed by atoms with E-state index in [-0.39, 0.29) is 43.2 Å². The summed E-state index contributed by atoms with van der Waals surface area (Å²) in [6.45, 7) is 5.43. The molecule has 2 saturated heterocycles. The van der Waals surface area contributed by atoms with E-state index >= 15 is 0 Å². The quantitative estimate of drug-likeness (QED) is 0.122. The van der Waals surface area contributed by atoms with Crippen LogP contribution in [-0.4, -0.2) is 101 Å². The molecule has 0 bridgehead atoms. The summed E-state index contributed by atoms with van der Waals surface area (Å²) < 4.78 is 143. The second-order valence-corrected chi connectivity index (χ2v) is 10.1. The predicted octanol–water partition coefficient (Wildman–Crippen LogP) is 5.21. The molecule has 0 radical (unpaired) electrons. The lowest BCUT2D eigenvalue weighted by Crippen LogP contribution is -2.60. The fourth-order valence-electron chi connectivity index (χ4n) is 3.08. The Labute approximate surface area is 207 Å². The van der Waals surface area contributed by atoms with Gasteiger partial charge in [0.2, 0.25) is 0 Å². The molecular formula is C21H31F9O5S. The lowest BCUT2D eigenvalue weighted by Gasteiger charge is -2.40. The van der Waals surface area contributed by atoms with E-state index < -0.39 is 36.1 Å². The summed E-state index contributed by atoms with van der Waals surface area (Å²) in [6, 6.07) is 0. The zero-order valence-electron chi connectivity index (χ0n) is 19.7. The van der Waals surface area contributed by atoms with Crippen molar-refractivity contribution in [1.82, 2.24) is 0 Å². The second-order valence-electron chi connectivity index (χ2n) is 8.91. The molecule has 5 nitrogen and oxygen atoms in total. The van der Waals surface area contributed by atoms with Gasteiger partial charge in [-0.15, -0.1) is 0 Å². The molecule has 0 spiro atoms. The van der Waals surface area contributed by atoms with Gasteiger partial charge in [-0.3, -0.25) is 0 Å². The standard InChI is InChI=1S/C21H31F9O5S/c1-2-17(13-33-14-17)12-32-9-15(34-10-16-11-35-16)8-31-5-3-6-36-7-4-18(22,23)19(24,25)20(26,27)21(28,29)30/h15-16H,2-14H2,1H3. The van der Waals surface area contributed by atoms with Crippen molar-refractivity contribution in [3.8, 4) is 0 Å². The van der Waals surface area contributed by atoms with Crippen LogP contribution in [0.4, 0.5) is 39.5 Å². The molecule has 214 valence electrons. The van der Waals surface area contributed by atoms with E-state index in [1.54, 1.807) is 0 Å². The van der Waals surface area contributed by atoms with Gasteiger partial charge < -0.3 is 23.7 Å². The van der Waals surface area contributed by atoms with E-state index in [0.717, 1.165) is 18.2 Å². The molecule has 36 heavy (non-hydrogen) atoms. The third-order valence-corrected chi connectivity index (χ3v) is 6.92. The first-order valence-electron chi connectivity index (χ1n) is 11.4. The molecule has 2 aliphatic heterocycles. The summed E-state index contributed by atoms with van der Waals surface area (Å²) in [5.74, 6) is -19.5. The van der Waals surface area contributed by atoms with Crippen LogP contribution in [0, 0.1) is 5.41 Å². The molecule has 15 heteroatoms. The molecular weight excluding hydrogens is 535 g/mol. The van der Waals surface area contributed by atoms with Crippen molar-refractivity contribution >= 4 is 11.8 Å². The van der Waals surface area contributed by atoms with Crippen molar-refractivity contribution in [3.05, 3.63) is 0 Å². The van der Waals surface area contributed by atoms with Crippen molar-refractivity contribution in [2.45, 2.75) is 62.3 Å². The van der Waals surface area contributed by atoms with Crippen LogP contribution in [0.1, 0.15) is 26.2 Å². The first-order valence-corrected chi connectivity index (χ1v) is 12.6. The highest BCUT2D eigenvalue weighted by Crippen LogP contribution is 2.54. The summed E-state index contributed by atoms with van der Waals surface area (Å²) >= 11 is 0.720. The van der Waals surface area contributed by atoms with E-state index in [4.69, 9.17) is 23.7 Å². The van der Waals surface area contributed by atoms with Crippen LogP contribution in [0.2, 0.25) is 0 Å². The van der Waals surface area contributed by atoms with Gasteiger partial charge in [0.1, 0.15) is 12.2 Å². The molecule has 2 aliphatic rings. The van der Waals surface area contributed by atoms with Crippen molar-refractivity contribution in [2.75, 3.05) is 64.4 Å². The highest BCUT2D eigenvalue weighted by atomic mass is 32.2. The Morgan fingerprint density at radius 3 is 2.11 bits per heavy atom. The van der Waals surface area contributed by atoms with Crippen LogP contribution < -0.4 is 0 Å². The topological polar surface area (TPSA) is 49.5 Å². The van der Waals surface area contributed by atoms with Crippen LogP contribution in [-0.2, 0) is 23.7 Å². The van der Waals surface area contributed by atoms with Crippen molar-refractivity contribution in [2.24, 2.45) is 5.41 Å². The molecule has 2 heterocycles. The number of epoxide rings is 1. The highest BCUT2D eigenvalue weighted by molar-refractivity contribution is 7.99. The fourth-order valence-corrected chi connectivity index (χ4v) is 4.01. The van der Waals surface area contributed by atoms with Crippen LogP contribution in [0.15, 0.2) is 0 Å². The minimum absolute atomic E-state index is 0.00560. The van der Waals surface area contributed by atoms with E-state index in [1.165, 1.54) is 0 Å². The zero-order chi connectivity index (χ0) is 27.1. The monoisotopic (exact) mass is 566 g/mol. The Kier molecular flexibility index (Phi) is 11.5. The molecule has 2 rings (SSSR count). The molecule has 0 saturated carbocycles. The van der Waals surface area contributed by atoms with Gasteiger partial charge in [-0.1, -0.05) is 6.92 Å². The van der Waals surface area contributed by atoms with E-state index in [1.807, 2.05) is 0 Å². The lowest BCUT2D eigenvalue weighted by atomic mass is 9.84. The fraction of sp³-hybridized carbons (Fsp3) is 1.00. The molecule has 0 aromatic rings. The van der Waals surface area contributed by atoms with Crippen molar-refractivity contribution < 1.29 is 63.2 Å². The number of thioether (sulfide) groups is 1. The van der Waals surface area contributed by atoms with E-state index in [2.05, 4.69) is 6.92 Å². The summed E-state index contributed by atoms with van der Waals surface area (Å²) in [4.78, 5) is 0. The van der Waals surface area contributed by atoms with Gasteiger partial charge in [0.05, 0.1) is 46.2 Å². The summed E-state index contributed by atoms with van der Waals surface area (Å²) in [6.07, 6.45) is -7.76. The molecule has 0 amide bonds. The Morgan fingerprint density at radius 1 is 0.944 bits per heavy atom. The maximum absolute atomic E-state index is 13.5.